The molecule has 0 saturated carbocycles. The second-order valence-electron chi connectivity index (χ2n) is 4.97. The number of alkyl halides is 3. The van der Waals surface area contributed by atoms with Crippen molar-refractivity contribution in [2.75, 3.05) is 11.1 Å². The molecule has 3 rings (SSSR count). The van der Waals surface area contributed by atoms with Gasteiger partial charge in [0.15, 0.2) is 5.82 Å². The highest BCUT2D eigenvalue weighted by Crippen LogP contribution is 2.42. The highest BCUT2D eigenvalue weighted by Gasteiger charge is 2.32. The van der Waals surface area contributed by atoms with Gasteiger partial charge in [0.25, 0.3) is 0 Å². The number of nitrogens with one attached hydrogen (secondary N) is 2. The second-order valence-corrected chi connectivity index (χ2v) is 6.06. The number of carbonyl (C=O) groups is 1. The Morgan fingerprint density at radius 3 is 2.59 bits per heavy atom. The summed E-state index contributed by atoms with van der Waals surface area (Å²) in [6.45, 7) is 1.82. The van der Waals surface area contributed by atoms with Gasteiger partial charge in [-0.1, -0.05) is 12.1 Å². The highest BCUT2D eigenvalue weighted by atomic mass is 32.2. The number of hydrogen-bond donors (Lipinski definition) is 2. The lowest BCUT2D eigenvalue weighted by atomic mass is 10.0. The molecule has 0 saturated heterocycles. The maximum atomic E-state index is 12.7. The van der Waals surface area contributed by atoms with Gasteiger partial charge in [0.05, 0.1) is 16.6 Å². The Balaban J connectivity index is 2.00. The number of aromatic amines is 1. The van der Waals surface area contributed by atoms with Crippen LogP contribution in [-0.2, 0) is 11.0 Å². The third kappa shape index (κ3) is 2.70. The van der Waals surface area contributed by atoms with E-state index in [9.17, 15) is 18.0 Å². The molecule has 2 heterocycles. The average molecular weight is 327 g/mol. The van der Waals surface area contributed by atoms with E-state index in [1.165, 1.54) is 23.9 Å². The molecule has 0 aliphatic carbocycles. The largest absolute Gasteiger partial charge is 0.416 e. The minimum Gasteiger partial charge on any atom is -0.308 e. The number of H-pyrrole nitrogens is 1. The zero-order chi connectivity index (χ0) is 15.9. The molecule has 1 amide bonds. The number of carbonyl (C=O) groups excluding carboxylic acids is 1. The van der Waals surface area contributed by atoms with Crippen LogP contribution >= 0.6 is 11.8 Å². The first-order valence-electron chi connectivity index (χ1n) is 6.49. The second kappa shape index (κ2) is 5.35. The molecule has 1 atom stereocenters. The van der Waals surface area contributed by atoms with Crippen molar-refractivity contribution in [1.29, 1.82) is 0 Å². The lowest BCUT2D eigenvalue weighted by molar-refractivity contribution is -0.137. The molecule has 8 heteroatoms. The van der Waals surface area contributed by atoms with Gasteiger partial charge in [-0.3, -0.25) is 9.89 Å². The number of anilines is 1. The van der Waals surface area contributed by atoms with Gasteiger partial charge < -0.3 is 5.32 Å². The van der Waals surface area contributed by atoms with Gasteiger partial charge in [0.2, 0.25) is 5.91 Å². The van der Waals surface area contributed by atoms with Crippen molar-refractivity contribution in [3.63, 3.8) is 0 Å². The van der Waals surface area contributed by atoms with Gasteiger partial charge in [-0.2, -0.15) is 18.3 Å². The van der Waals surface area contributed by atoms with Gasteiger partial charge in [-0.15, -0.1) is 11.8 Å². The summed E-state index contributed by atoms with van der Waals surface area (Å²) in [5, 5.41) is 9.31. The van der Waals surface area contributed by atoms with Crippen molar-refractivity contribution in [2.24, 2.45) is 0 Å². The molecule has 2 N–H and O–H groups in total. The number of hydrogen-bond acceptors (Lipinski definition) is 3. The Morgan fingerprint density at radius 2 is 1.95 bits per heavy atom. The predicted octanol–water partition coefficient (Wildman–Crippen LogP) is 3.51. The van der Waals surface area contributed by atoms with Crippen LogP contribution in [0.5, 0.6) is 0 Å². The van der Waals surface area contributed by atoms with Crippen molar-refractivity contribution >= 4 is 23.5 Å². The summed E-state index contributed by atoms with van der Waals surface area (Å²) in [5.41, 5.74) is 1.61. The maximum Gasteiger partial charge on any atom is 0.416 e. The number of thioether (sulfide) groups is 1. The lowest BCUT2D eigenvalue weighted by Crippen LogP contribution is -2.12. The molecule has 0 spiro atoms. The molecule has 116 valence electrons. The summed E-state index contributed by atoms with van der Waals surface area (Å²) in [7, 11) is 0. The van der Waals surface area contributed by atoms with Crippen LogP contribution in [-0.4, -0.2) is 21.9 Å². The molecule has 1 aliphatic heterocycles. The molecule has 0 fully saturated rings. The Kier molecular flexibility index (Phi) is 3.64. The van der Waals surface area contributed by atoms with E-state index < -0.39 is 11.7 Å². The smallest absolute Gasteiger partial charge is 0.308 e. The number of amides is 1. The quantitative estimate of drug-likeness (QED) is 0.843. The third-order valence-electron chi connectivity index (χ3n) is 3.44. The van der Waals surface area contributed by atoms with Gasteiger partial charge in [0.1, 0.15) is 0 Å². The zero-order valence-corrected chi connectivity index (χ0v) is 12.3. The van der Waals surface area contributed by atoms with Crippen LogP contribution in [0.25, 0.3) is 0 Å². The average Bonchev–Trinajstić information content (AvgIpc) is 2.71. The zero-order valence-electron chi connectivity index (χ0n) is 11.5. The van der Waals surface area contributed by atoms with Crippen LogP contribution in [0, 0.1) is 6.92 Å². The summed E-state index contributed by atoms with van der Waals surface area (Å²) in [6.07, 6.45) is -4.36. The van der Waals surface area contributed by atoms with E-state index in [0.29, 0.717) is 11.4 Å². The number of rotatable bonds is 1. The number of nitrogens with zero attached hydrogens (tertiary/aromatic N) is 1. The van der Waals surface area contributed by atoms with Crippen LogP contribution in [0.4, 0.5) is 19.0 Å². The van der Waals surface area contributed by atoms with E-state index >= 15 is 0 Å². The van der Waals surface area contributed by atoms with Crippen molar-refractivity contribution in [1.82, 2.24) is 10.2 Å². The molecule has 1 aromatic carbocycles. The van der Waals surface area contributed by atoms with Gasteiger partial charge in [0, 0.05) is 11.3 Å². The van der Waals surface area contributed by atoms with Crippen molar-refractivity contribution in [2.45, 2.75) is 18.3 Å². The summed E-state index contributed by atoms with van der Waals surface area (Å²) in [5.74, 6) is 0.492. The van der Waals surface area contributed by atoms with E-state index in [2.05, 4.69) is 15.5 Å². The molecular weight excluding hydrogens is 315 g/mol. The molecule has 22 heavy (non-hydrogen) atoms. The summed E-state index contributed by atoms with van der Waals surface area (Å²) < 4.78 is 38.0. The number of fused-ring (bicyclic) bond motifs is 1. The number of aromatic nitrogens is 2. The SMILES string of the molecule is Cc1[nH]nc2c1C(c1ccc(C(F)(F)F)cc1)SCC(=O)N2. The fourth-order valence-electron chi connectivity index (χ4n) is 2.37. The van der Waals surface area contributed by atoms with Crippen LogP contribution in [0.2, 0.25) is 0 Å². The Labute approximate surface area is 128 Å². The van der Waals surface area contributed by atoms with E-state index in [1.807, 2.05) is 6.92 Å². The summed E-state index contributed by atoms with van der Waals surface area (Å²) in [4.78, 5) is 11.7. The van der Waals surface area contributed by atoms with Crippen molar-refractivity contribution in [3.05, 3.63) is 46.6 Å². The minimum absolute atomic E-state index is 0.174. The molecule has 0 radical (unpaired) electrons. The molecule has 0 bridgehead atoms. The van der Waals surface area contributed by atoms with E-state index in [-0.39, 0.29) is 16.9 Å². The highest BCUT2D eigenvalue weighted by molar-refractivity contribution is 8.00. The molecule has 1 aromatic heterocycles. The third-order valence-corrected chi connectivity index (χ3v) is 4.71. The normalized spacial score (nSPS) is 18.5. The maximum absolute atomic E-state index is 12.7. The monoisotopic (exact) mass is 327 g/mol. The number of aryl methyl sites for hydroxylation is 1. The number of halogens is 3. The van der Waals surface area contributed by atoms with Crippen LogP contribution in [0.3, 0.4) is 0 Å². The standard InChI is InChI=1S/C14H12F3N3OS/c1-7-11-12(22-6-10(21)18-13(11)20-19-7)8-2-4-9(5-3-8)14(15,16)17/h2-5,12H,6H2,1H3,(H2,18,19,20,21). The first-order valence-corrected chi connectivity index (χ1v) is 7.54. The Bertz CT molecular complexity index is 709. The topological polar surface area (TPSA) is 57.8 Å². The van der Waals surface area contributed by atoms with Gasteiger partial charge in [-0.05, 0) is 24.6 Å². The summed E-state index contributed by atoms with van der Waals surface area (Å²) in [6, 6.07) is 5.02. The van der Waals surface area contributed by atoms with E-state index in [4.69, 9.17) is 0 Å². The van der Waals surface area contributed by atoms with Crippen molar-refractivity contribution in [3.8, 4) is 0 Å². The fourth-order valence-corrected chi connectivity index (χ4v) is 3.57. The molecule has 2 aromatic rings. The van der Waals surface area contributed by atoms with Gasteiger partial charge >= 0.3 is 6.18 Å². The fraction of sp³-hybridized carbons (Fsp3) is 0.286. The number of benzene rings is 1. The van der Waals surface area contributed by atoms with Crippen LogP contribution in [0.15, 0.2) is 24.3 Å². The van der Waals surface area contributed by atoms with Gasteiger partial charge in [-0.25, -0.2) is 0 Å². The molecule has 1 aliphatic rings. The van der Waals surface area contributed by atoms with E-state index in [0.717, 1.165) is 23.4 Å². The molecule has 1 unspecified atom stereocenters. The van der Waals surface area contributed by atoms with Crippen LogP contribution < -0.4 is 5.32 Å². The first kappa shape index (κ1) is 15.0. The Morgan fingerprint density at radius 1 is 1.27 bits per heavy atom. The van der Waals surface area contributed by atoms with Crippen LogP contribution in [0.1, 0.15) is 27.6 Å². The van der Waals surface area contributed by atoms with E-state index in [1.54, 1.807) is 0 Å². The first-order chi connectivity index (χ1) is 10.4. The molecular formula is C14H12F3N3OS. The molecule has 4 nitrogen and oxygen atoms in total. The van der Waals surface area contributed by atoms with Crippen molar-refractivity contribution < 1.29 is 18.0 Å². The minimum atomic E-state index is -4.36. The lowest BCUT2D eigenvalue weighted by Gasteiger charge is -2.16. The Hall–Kier alpha value is -1.96. The summed E-state index contributed by atoms with van der Waals surface area (Å²) >= 11 is 1.37. The predicted molar refractivity (Wildman–Crippen MR) is 77.7 cm³/mol.